The molecule has 2 saturated carbocycles. The fraction of sp³-hybridized carbons (Fsp3) is 0.447. The van der Waals surface area contributed by atoms with Gasteiger partial charge in [-0.25, -0.2) is 9.59 Å². The van der Waals surface area contributed by atoms with Crippen molar-refractivity contribution in [2.45, 2.75) is 108 Å². The molecule has 1 amide bonds. The molecule has 2 bridgehead atoms. The van der Waals surface area contributed by atoms with Gasteiger partial charge in [0.05, 0.1) is 35.6 Å². The van der Waals surface area contributed by atoms with Crippen molar-refractivity contribution < 1.29 is 72.9 Å². The smallest absolute Gasteiger partial charge is 0.338 e. The van der Waals surface area contributed by atoms with Crippen molar-refractivity contribution in [3.8, 4) is 0 Å². The molecule has 4 aliphatic rings. The van der Waals surface area contributed by atoms with Crippen molar-refractivity contribution in [2.75, 3.05) is 6.61 Å². The van der Waals surface area contributed by atoms with E-state index in [-0.39, 0.29) is 22.3 Å². The van der Waals surface area contributed by atoms with Crippen LogP contribution in [0.1, 0.15) is 80.3 Å². The average Bonchev–Trinajstić information content (AvgIpc) is 3.24. The molecule has 1 aliphatic heterocycles. The first-order valence-electron chi connectivity index (χ1n) is 20.6. The maximum atomic E-state index is 15.5. The number of fused-ring (bicyclic) bond motifs is 5. The molecule has 3 aliphatic carbocycles. The number of ether oxygens (including phenoxy) is 5. The molecule has 16 heteroatoms. The number of carbonyl (C=O) groups excluding carboxylic acids is 6. The SMILES string of the molecule is CC(=O)OC1C(=O)C2(C)C(O)C(O)C3OCC3(OC(C)=O)C2C(OC(=O)[13c]2[13cH][13cH][13cH][13cH][13cH]2)C2(O)CC(OC(=O)C(O)C(NC(=O)c3ccccc3)c3ccccc3)C(C)=C1C2(C)C. The van der Waals surface area contributed by atoms with Gasteiger partial charge >= 0.3 is 23.9 Å². The van der Waals surface area contributed by atoms with Crippen molar-refractivity contribution in [1.29, 1.82) is 0 Å². The van der Waals surface area contributed by atoms with E-state index < -0.39 is 125 Å². The van der Waals surface area contributed by atoms with Crippen molar-refractivity contribution in [3.05, 3.63) is 119 Å². The summed E-state index contributed by atoms with van der Waals surface area (Å²) < 4.78 is 29.9. The molecule has 7 rings (SSSR count). The van der Waals surface area contributed by atoms with E-state index in [9.17, 15) is 44.4 Å². The summed E-state index contributed by atoms with van der Waals surface area (Å²) >= 11 is 0. The van der Waals surface area contributed by atoms with Crippen LogP contribution < -0.4 is 5.32 Å². The fourth-order valence-corrected chi connectivity index (χ4v) is 10.3. The monoisotopic (exact) mass is 875 g/mol. The molecule has 12 atom stereocenters. The lowest BCUT2D eigenvalue weighted by Crippen LogP contribution is -2.85. The summed E-state index contributed by atoms with van der Waals surface area (Å²) in [6.07, 6.45) is -13.5. The molecule has 334 valence electrons. The molecule has 12 unspecified atom stereocenters. The first kappa shape index (κ1) is 45.3. The van der Waals surface area contributed by atoms with Crippen molar-refractivity contribution in [2.24, 2.45) is 16.7 Å². The minimum absolute atomic E-state index is 0.0180. The van der Waals surface area contributed by atoms with Crippen molar-refractivity contribution in [3.63, 3.8) is 0 Å². The predicted octanol–water partition coefficient (Wildman–Crippen LogP) is 2.71. The quantitative estimate of drug-likeness (QED) is 0.112. The highest BCUT2D eigenvalue weighted by Gasteiger charge is 2.80. The summed E-state index contributed by atoms with van der Waals surface area (Å²) in [5.41, 5.74) is -7.98. The summed E-state index contributed by atoms with van der Waals surface area (Å²) in [5, 5.41) is 51.8. The highest BCUT2D eigenvalue weighted by molar-refractivity contribution is 5.96. The number of benzene rings is 3. The molecule has 3 aromatic rings. The minimum atomic E-state index is -2.48. The topological polar surface area (TPSA) is 242 Å². The standard InChI is InChI=1S/C47H51NO15/c1-24-30(61-43(57)33(51)32(27-16-10-7-11-17-27)48-41(55)28-18-12-8-13-19-28)22-47(58)40(62-42(56)29-20-14-9-15-21-29)36-45(6,38(54)35(60-25(2)49)31(24)44(47,4)5)37(53)34(52)39-46(36,23-59-39)63-26(3)50/h7-21,30,32-37,39-40,51-53,58H,22-23H2,1-6H3,(H,48,55)/i9+1,14+1,15+1,20+1,21+1,29+1. The van der Waals surface area contributed by atoms with Crippen LogP contribution in [0.3, 0.4) is 0 Å². The third-order valence-corrected chi connectivity index (χ3v) is 13.5. The summed E-state index contributed by atoms with van der Waals surface area (Å²) in [6, 6.07) is 22.6. The number of esters is 4. The fourth-order valence-electron chi connectivity index (χ4n) is 10.3. The normalized spacial score (nSPS) is 32.7. The van der Waals surface area contributed by atoms with Crippen LogP contribution in [-0.2, 0) is 42.9 Å². The zero-order valence-electron chi connectivity index (χ0n) is 35.6. The van der Waals surface area contributed by atoms with Gasteiger partial charge in [-0.05, 0) is 54.8 Å². The zero-order valence-corrected chi connectivity index (χ0v) is 35.6. The molecule has 0 spiro atoms. The number of hydrogen-bond donors (Lipinski definition) is 5. The van der Waals surface area contributed by atoms with E-state index in [1.165, 1.54) is 39.8 Å². The lowest BCUT2D eigenvalue weighted by Gasteiger charge is -2.68. The zero-order chi connectivity index (χ0) is 45.8. The number of aliphatic hydroxyl groups excluding tert-OH is 3. The first-order valence-corrected chi connectivity index (χ1v) is 20.6. The van der Waals surface area contributed by atoms with Gasteiger partial charge in [0, 0.05) is 31.2 Å². The molecule has 3 fully saturated rings. The largest absolute Gasteiger partial charge is 0.456 e. The van der Waals surface area contributed by atoms with E-state index in [2.05, 4.69) is 5.32 Å². The second-order valence-corrected chi connectivity index (χ2v) is 17.5. The molecule has 63 heavy (non-hydrogen) atoms. The Morgan fingerprint density at radius 3 is 1.92 bits per heavy atom. The van der Waals surface area contributed by atoms with Crippen molar-refractivity contribution in [1.82, 2.24) is 5.32 Å². The number of carbonyl (C=O) groups is 6. The number of Topliss-reactive ketones (excluding diaryl/α,β-unsaturated/α-hetero) is 1. The Morgan fingerprint density at radius 1 is 0.810 bits per heavy atom. The van der Waals surface area contributed by atoms with E-state index in [0.29, 0.717) is 5.56 Å². The Balaban J connectivity index is 1.40. The minimum Gasteiger partial charge on any atom is -0.456 e. The molecular weight excluding hydrogens is 824 g/mol. The Kier molecular flexibility index (Phi) is 12.0. The number of hydrogen-bond acceptors (Lipinski definition) is 15. The summed E-state index contributed by atoms with van der Waals surface area (Å²) in [6.45, 7) is 7.39. The van der Waals surface area contributed by atoms with E-state index in [4.69, 9.17) is 23.7 Å². The van der Waals surface area contributed by atoms with Crippen LogP contribution in [0.2, 0.25) is 0 Å². The van der Waals surface area contributed by atoms with Gasteiger partial charge in [0.15, 0.2) is 23.6 Å². The van der Waals surface area contributed by atoms with E-state index in [1.807, 2.05) is 0 Å². The van der Waals surface area contributed by atoms with Crippen LogP contribution in [0.5, 0.6) is 0 Å². The Bertz CT molecular complexity index is 2320. The van der Waals surface area contributed by atoms with Gasteiger partial charge in [0.2, 0.25) is 0 Å². The summed E-state index contributed by atoms with van der Waals surface area (Å²) in [4.78, 5) is 83.6. The lowest BCUT2D eigenvalue weighted by molar-refractivity contribution is -0.369. The predicted molar refractivity (Wildman–Crippen MR) is 219 cm³/mol. The molecule has 0 radical (unpaired) electrons. The summed E-state index contributed by atoms with van der Waals surface area (Å²) in [7, 11) is 0. The van der Waals surface area contributed by atoms with Crippen molar-refractivity contribution >= 4 is 35.6 Å². The van der Waals surface area contributed by atoms with Crippen LogP contribution >= 0.6 is 0 Å². The molecule has 1 heterocycles. The highest BCUT2D eigenvalue weighted by atomic mass is 16.6. The molecule has 16 nitrogen and oxygen atoms in total. The van der Waals surface area contributed by atoms with Crippen LogP contribution in [0.25, 0.3) is 0 Å². The Labute approximate surface area is 363 Å². The second kappa shape index (κ2) is 16.7. The van der Waals surface area contributed by atoms with E-state index in [1.54, 1.807) is 78.9 Å². The van der Waals surface area contributed by atoms with E-state index in [0.717, 1.165) is 13.8 Å². The second-order valence-electron chi connectivity index (χ2n) is 17.5. The highest BCUT2D eigenvalue weighted by Crippen LogP contribution is 2.64. The first-order chi connectivity index (χ1) is 29.7. The van der Waals surface area contributed by atoms with Gasteiger partial charge in [-0.3, -0.25) is 19.2 Å². The maximum absolute atomic E-state index is 15.5. The third kappa shape index (κ3) is 7.42. The molecule has 0 aromatic heterocycles. The van der Waals surface area contributed by atoms with Gasteiger partial charge in [0.25, 0.3) is 5.91 Å². The van der Waals surface area contributed by atoms with Gasteiger partial charge in [-0.2, -0.15) is 0 Å². The van der Waals surface area contributed by atoms with Gasteiger partial charge in [-0.1, -0.05) is 80.6 Å². The average molecular weight is 876 g/mol. The maximum Gasteiger partial charge on any atom is 0.338 e. The van der Waals surface area contributed by atoms with E-state index >= 15 is 4.79 Å². The number of aliphatic hydroxyl groups is 4. The number of nitrogens with one attached hydrogen (secondary N) is 1. The molecule has 1 saturated heterocycles. The summed E-state index contributed by atoms with van der Waals surface area (Å²) in [5.74, 6) is -7.48. The van der Waals surface area contributed by atoms with Crippen LogP contribution in [0.15, 0.2) is 102 Å². The Hall–Kier alpha value is -5.78. The van der Waals surface area contributed by atoms with Crippen LogP contribution in [-0.4, -0.2) is 117 Å². The van der Waals surface area contributed by atoms with Gasteiger partial charge < -0.3 is 49.4 Å². The third-order valence-electron chi connectivity index (χ3n) is 13.5. The number of amides is 1. The van der Waals surface area contributed by atoms with Gasteiger partial charge in [-0.15, -0.1) is 0 Å². The van der Waals surface area contributed by atoms with Crippen LogP contribution in [0, 0.1) is 16.7 Å². The molecule has 5 N–H and O–H groups in total. The van der Waals surface area contributed by atoms with Crippen LogP contribution in [0.4, 0.5) is 0 Å². The molecule has 3 aromatic carbocycles. The molecular formula is C47H51NO15. The Morgan fingerprint density at radius 2 is 1.38 bits per heavy atom. The number of ketones is 1. The van der Waals surface area contributed by atoms with Gasteiger partial charge in [0.1, 0.15) is 30.0 Å². The lowest BCUT2D eigenvalue weighted by atomic mass is 9.44. The number of rotatable bonds is 10.